The molecule has 0 aromatic carbocycles. The summed E-state index contributed by atoms with van der Waals surface area (Å²) in [6, 6.07) is 2.93. The minimum Gasteiger partial charge on any atom is -0.357 e. The fourth-order valence-electron chi connectivity index (χ4n) is 1.37. The zero-order valence-electron chi connectivity index (χ0n) is 11.3. The van der Waals surface area contributed by atoms with E-state index in [0.29, 0.717) is 12.1 Å². The van der Waals surface area contributed by atoms with Gasteiger partial charge in [0.05, 0.1) is 5.02 Å². The number of hydrogen-bond acceptors (Lipinski definition) is 3. The van der Waals surface area contributed by atoms with Crippen molar-refractivity contribution in [2.24, 2.45) is 0 Å². The molecule has 0 bridgehead atoms. The van der Waals surface area contributed by atoms with Gasteiger partial charge in [-0.25, -0.2) is 4.98 Å². The van der Waals surface area contributed by atoms with Gasteiger partial charge in [-0.15, -0.1) is 0 Å². The summed E-state index contributed by atoms with van der Waals surface area (Å²) in [5.41, 5.74) is 1.10. The summed E-state index contributed by atoms with van der Waals surface area (Å²) in [4.78, 5) is 6.49. The molecule has 4 heteroatoms. The maximum Gasteiger partial charge on any atom is 0.128 e. The van der Waals surface area contributed by atoms with Gasteiger partial charge in [-0.2, -0.15) is 0 Å². The molecule has 0 amide bonds. The van der Waals surface area contributed by atoms with Gasteiger partial charge in [0.1, 0.15) is 5.82 Å². The van der Waals surface area contributed by atoms with Crippen LogP contribution in [0.2, 0.25) is 5.02 Å². The highest BCUT2D eigenvalue weighted by molar-refractivity contribution is 6.31. The molecule has 0 radical (unpaired) electrons. The van der Waals surface area contributed by atoms with Gasteiger partial charge in [0.25, 0.3) is 0 Å². The maximum atomic E-state index is 6.14. The Morgan fingerprint density at radius 1 is 1.35 bits per heavy atom. The van der Waals surface area contributed by atoms with Crippen LogP contribution in [0.25, 0.3) is 0 Å². The van der Waals surface area contributed by atoms with Crippen LogP contribution < -0.4 is 10.2 Å². The van der Waals surface area contributed by atoms with Gasteiger partial charge in [0.15, 0.2) is 0 Å². The Morgan fingerprint density at radius 3 is 2.53 bits per heavy atom. The van der Waals surface area contributed by atoms with Crippen LogP contribution in [0.5, 0.6) is 0 Å². The van der Waals surface area contributed by atoms with Crippen molar-refractivity contribution in [2.45, 2.75) is 46.3 Å². The zero-order valence-corrected chi connectivity index (χ0v) is 12.0. The molecule has 1 aromatic heterocycles. The van der Waals surface area contributed by atoms with Crippen LogP contribution in [-0.4, -0.2) is 24.1 Å². The van der Waals surface area contributed by atoms with Gasteiger partial charge < -0.3 is 10.2 Å². The van der Waals surface area contributed by atoms with Gasteiger partial charge in [0, 0.05) is 31.9 Å². The van der Waals surface area contributed by atoms with Crippen molar-refractivity contribution < 1.29 is 0 Å². The first-order valence-electron chi connectivity index (χ1n) is 6.02. The number of nitrogens with one attached hydrogen (secondary N) is 1. The van der Waals surface area contributed by atoms with E-state index >= 15 is 0 Å². The van der Waals surface area contributed by atoms with Crippen molar-refractivity contribution in [3.63, 3.8) is 0 Å². The normalized spacial score (nSPS) is 11.3. The third kappa shape index (κ3) is 4.17. The summed E-state index contributed by atoms with van der Waals surface area (Å²) in [6.07, 6.45) is 1.73. The predicted octanol–water partition coefficient (Wildman–Crippen LogP) is 3.08. The first-order valence-corrected chi connectivity index (χ1v) is 6.40. The quantitative estimate of drug-likeness (QED) is 0.877. The molecule has 3 nitrogen and oxygen atoms in total. The summed E-state index contributed by atoms with van der Waals surface area (Å²) in [6.45, 7) is 9.30. The van der Waals surface area contributed by atoms with Gasteiger partial charge in [-0.3, -0.25) is 0 Å². The highest BCUT2D eigenvalue weighted by atomic mass is 35.5. The van der Waals surface area contributed by atoms with E-state index in [9.17, 15) is 0 Å². The summed E-state index contributed by atoms with van der Waals surface area (Å²) in [5, 5.41) is 4.09. The lowest BCUT2D eigenvalue weighted by Gasteiger charge is -2.23. The average Bonchev–Trinajstić information content (AvgIpc) is 2.26. The van der Waals surface area contributed by atoms with E-state index in [0.717, 1.165) is 22.9 Å². The second-order valence-electron chi connectivity index (χ2n) is 4.87. The van der Waals surface area contributed by atoms with Crippen LogP contribution >= 0.6 is 11.6 Å². The average molecular weight is 256 g/mol. The van der Waals surface area contributed by atoms with Crippen LogP contribution in [-0.2, 0) is 6.54 Å². The molecule has 1 heterocycles. The lowest BCUT2D eigenvalue weighted by molar-refractivity contribution is 0.588. The molecule has 0 aliphatic carbocycles. The number of pyridine rings is 1. The summed E-state index contributed by atoms with van der Waals surface area (Å²) < 4.78 is 0. The second-order valence-corrected chi connectivity index (χ2v) is 5.28. The van der Waals surface area contributed by atoms with Crippen LogP contribution in [0.4, 0.5) is 5.82 Å². The van der Waals surface area contributed by atoms with E-state index < -0.39 is 0 Å². The number of rotatable bonds is 5. The molecule has 0 saturated heterocycles. The monoisotopic (exact) mass is 255 g/mol. The molecule has 0 atom stereocenters. The largest absolute Gasteiger partial charge is 0.357 e. The molecule has 1 aromatic rings. The van der Waals surface area contributed by atoms with Gasteiger partial charge in [-0.1, -0.05) is 25.4 Å². The minimum atomic E-state index is 0.426. The Morgan fingerprint density at radius 2 is 2.00 bits per heavy atom. The molecule has 1 rings (SSSR count). The first kappa shape index (κ1) is 14.3. The smallest absolute Gasteiger partial charge is 0.128 e. The fourth-order valence-corrected chi connectivity index (χ4v) is 1.54. The molecule has 17 heavy (non-hydrogen) atoms. The Bertz CT molecular complexity index is 364. The van der Waals surface area contributed by atoms with Gasteiger partial charge >= 0.3 is 0 Å². The predicted molar refractivity (Wildman–Crippen MR) is 74.8 cm³/mol. The molecule has 1 N–H and O–H groups in total. The highest BCUT2D eigenvalue weighted by Gasteiger charge is 2.09. The first-order chi connectivity index (χ1) is 7.91. The van der Waals surface area contributed by atoms with Crippen molar-refractivity contribution in [3.05, 3.63) is 22.8 Å². The molecule has 0 spiro atoms. The molecular weight excluding hydrogens is 234 g/mol. The van der Waals surface area contributed by atoms with Crippen LogP contribution in [0.1, 0.15) is 33.3 Å². The maximum absolute atomic E-state index is 6.14. The molecule has 0 aliphatic rings. The van der Waals surface area contributed by atoms with E-state index in [4.69, 9.17) is 11.6 Å². The molecule has 96 valence electrons. The summed E-state index contributed by atoms with van der Waals surface area (Å²) in [7, 11) is 2.04. The Balaban J connectivity index is 2.86. The third-order valence-electron chi connectivity index (χ3n) is 2.76. The third-order valence-corrected chi connectivity index (χ3v) is 3.10. The second kappa shape index (κ2) is 6.22. The van der Waals surface area contributed by atoms with Crippen molar-refractivity contribution in [2.75, 3.05) is 11.9 Å². The summed E-state index contributed by atoms with van der Waals surface area (Å²) in [5.74, 6) is 0.963. The van der Waals surface area contributed by atoms with E-state index in [-0.39, 0.29) is 0 Å². The fraction of sp³-hybridized carbons (Fsp3) is 0.615. The van der Waals surface area contributed by atoms with E-state index in [2.05, 4.69) is 49.0 Å². The molecule has 0 unspecified atom stereocenters. The van der Waals surface area contributed by atoms with Crippen LogP contribution in [0.3, 0.4) is 0 Å². The van der Waals surface area contributed by atoms with E-state index in [1.54, 1.807) is 6.20 Å². The number of halogens is 1. The Labute approximate surface area is 109 Å². The topological polar surface area (TPSA) is 28.2 Å². The van der Waals surface area contributed by atoms with Crippen molar-refractivity contribution in [1.29, 1.82) is 0 Å². The number of aromatic nitrogens is 1. The lowest BCUT2D eigenvalue weighted by Crippen LogP contribution is -2.27. The number of hydrogen-bond donors (Lipinski definition) is 1. The van der Waals surface area contributed by atoms with E-state index in [1.807, 2.05) is 7.05 Å². The number of nitrogens with zero attached hydrogens (tertiary/aromatic N) is 2. The molecule has 0 aliphatic heterocycles. The van der Waals surface area contributed by atoms with Crippen LogP contribution in [0, 0.1) is 0 Å². The molecule has 0 saturated carbocycles. The van der Waals surface area contributed by atoms with Crippen molar-refractivity contribution in [1.82, 2.24) is 10.3 Å². The minimum absolute atomic E-state index is 0.426. The molecular formula is C13H22ClN3. The van der Waals surface area contributed by atoms with Crippen LogP contribution in [0.15, 0.2) is 12.3 Å². The van der Waals surface area contributed by atoms with Crippen molar-refractivity contribution >= 4 is 17.4 Å². The zero-order chi connectivity index (χ0) is 13.0. The number of anilines is 1. The molecule has 0 fully saturated rings. The van der Waals surface area contributed by atoms with Gasteiger partial charge in [0.2, 0.25) is 0 Å². The summed E-state index contributed by atoms with van der Waals surface area (Å²) >= 11 is 6.14. The van der Waals surface area contributed by atoms with Crippen molar-refractivity contribution in [3.8, 4) is 0 Å². The SMILES string of the molecule is CC(C)NCc1cc(N(C)C(C)C)ncc1Cl. The Hall–Kier alpha value is -0.800. The standard InChI is InChI=1S/C13H22ClN3/c1-9(2)15-7-11-6-13(16-8-12(11)14)17(5)10(3)4/h6,8-10,15H,7H2,1-5H3. The highest BCUT2D eigenvalue weighted by Crippen LogP contribution is 2.20. The lowest BCUT2D eigenvalue weighted by atomic mass is 10.2. The van der Waals surface area contributed by atoms with Gasteiger partial charge in [-0.05, 0) is 25.5 Å². The van der Waals surface area contributed by atoms with E-state index in [1.165, 1.54) is 0 Å². The Kier molecular flexibility index (Phi) is 5.22.